The highest BCUT2D eigenvalue weighted by atomic mass is 35.5. The van der Waals surface area contributed by atoms with Crippen LogP contribution in [0.3, 0.4) is 0 Å². The van der Waals surface area contributed by atoms with Crippen LogP contribution in [-0.4, -0.2) is 35.0 Å². The summed E-state index contributed by atoms with van der Waals surface area (Å²) in [4.78, 5) is 25.3. The zero-order valence-corrected chi connectivity index (χ0v) is 13.5. The van der Waals surface area contributed by atoms with Crippen LogP contribution < -0.4 is 0 Å². The number of nitrogens with zero attached hydrogens (tertiary/aromatic N) is 1. The summed E-state index contributed by atoms with van der Waals surface area (Å²) in [7, 11) is 0. The van der Waals surface area contributed by atoms with Gasteiger partial charge in [0.1, 0.15) is 0 Å². The van der Waals surface area contributed by atoms with Crippen molar-refractivity contribution in [1.29, 1.82) is 0 Å². The largest absolute Gasteiger partial charge is 0.481 e. The average Bonchev–Trinajstić information content (AvgIpc) is 3.18. The number of hydrogen-bond donors (Lipinski definition) is 1. The van der Waals surface area contributed by atoms with Crippen molar-refractivity contribution in [3.63, 3.8) is 0 Å². The van der Waals surface area contributed by atoms with E-state index in [0.717, 1.165) is 19.3 Å². The first-order valence-electron chi connectivity index (χ1n) is 7.36. The molecule has 1 saturated heterocycles. The van der Waals surface area contributed by atoms with Crippen LogP contribution in [0.15, 0.2) is 18.2 Å². The first kappa shape index (κ1) is 15.6. The fourth-order valence-corrected chi connectivity index (χ4v) is 3.95. The summed E-state index contributed by atoms with van der Waals surface area (Å²) in [5.74, 6) is -0.928. The fourth-order valence-electron chi connectivity index (χ4n) is 3.42. The summed E-state index contributed by atoms with van der Waals surface area (Å²) in [5, 5.41) is 10.1. The van der Waals surface area contributed by atoms with Crippen molar-refractivity contribution in [3.8, 4) is 0 Å². The van der Waals surface area contributed by atoms with Crippen LogP contribution in [0.2, 0.25) is 10.0 Å². The van der Waals surface area contributed by atoms with Gasteiger partial charge in [-0.05, 0) is 42.4 Å². The zero-order chi connectivity index (χ0) is 15.9. The minimum absolute atomic E-state index is 0.00243. The Hall–Kier alpha value is -1.26. The molecule has 1 spiro atoms. The third-order valence-electron chi connectivity index (χ3n) is 4.99. The number of carbonyl (C=O) groups is 2. The molecule has 118 valence electrons. The van der Waals surface area contributed by atoms with Gasteiger partial charge in [0.15, 0.2) is 0 Å². The van der Waals surface area contributed by atoms with Gasteiger partial charge in [-0.15, -0.1) is 0 Å². The summed E-state index contributed by atoms with van der Waals surface area (Å²) in [6, 6.07) is 5.20. The van der Waals surface area contributed by atoms with E-state index in [9.17, 15) is 9.59 Å². The Kier molecular flexibility index (Phi) is 4.08. The van der Waals surface area contributed by atoms with Gasteiger partial charge in [0.25, 0.3) is 0 Å². The molecule has 1 atom stereocenters. The molecule has 6 heteroatoms. The number of carboxylic acid groups (broad SMARTS) is 1. The first-order chi connectivity index (χ1) is 10.4. The second kappa shape index (κ2) is 5.74. The Balaban J connectivity index is 1.60. The molecule has 1 aliphatic heterocycles. The normalized spacial score (nSPS) is 22.6. The van der Waals surface area contributed by atoms with E-state index >= 15 is 0 Å². The van der Waals surface area contributed by atoms with Crippen molar-refractivity contribution in [1.82, 2.24) is 4.90 Å². The lowest BCUT2D eigenvalue weighted by atomic mass is 9.90. The Morgan fingerprint density at radius 1 is 1.23 bits per heavy atom. The van der Waals surface area contributed by atoms with Gasteiger partial charge >= 0.3 is 5.97 Å². The van der Waals surface area contributed by atoms with Crippen molar-refractivity contribution in [3.05, 3.63) is 33.8 Å². The van der Waals surface area contributed by atoms with Crippen molar-refractivity contribution < 1.29 is 14.7 Å². The van der Waals surface area contributed by atoms with Gasteiger partial charge in [0, 0.05) is 23.1 Å². The molecular weight excluding hydrogens is 325 g/mol. The molecule has 0 aromatic heterocycles. The average molecular weight is 342 g/mol. The van der Waals surface area contributed by atoms with Crippen LogP contribution >= 0.6 is 23.2 Å². The molecule has 1 aliphatic carbocycles. The van der Waals surface area contributed by atoms with E-state index in [-0.39, 0.29) is 23.7 Å². The number of piperidine rings is 1. The lowest BCUT2D eigenvalue weighted by Crippen LogP contribution is -2.40. The molecule has 1 aromatic carbocycles. The van der Waals surface area contributed by atoms with Gasteiger partial charge in [0.05, 0.1) is 12.3 Å². The summed E-state index contributed by atoms with van der Waals surface area (Å²) >= 11 is 12.2. The summed E-state index contributed by atoms with van der Waals surface area (Å²) in [6.07, 6.45) is 2.48. The molecule has 1 unspecified atom stereocenters. The second-order valence-electron chi connectivity index (χ2n) is 6.22. The van der Waals surface area contributed by atoms with Gasteiger partial charge in [-0.25, -0.2) is 0 Å². The summed E-state index contributed by atoms with van der Waals surface area (Å²) in [6.45, 7) is 1.23. The molecule has 1 aromatic rings. The molecule has 22 heavy (non-hydrogen) atoms. The minimum atomic E-state index is -0.706. The van der Waals surface area contributed by atoms with Crippen LogP contribution in [-0.2, 0) is 16.0 Å². The lowest BCUT2D eigenvalue weighted by molar-refractivity contribution is -0.139. The Morgan fingerprint density at radius 2 is 1.82 bits per heavy atom. The Morgan fingerprint density at radius 3 is 2.32 bits per heavy atom. The van der Waals surface area contributed by atoms with E-state index in [1.165, 1.54) is 0 Å². The number of benzene rings is 1. The molecular formula is C16H17Cl2NO3. The third kappa shape index (κ3) is 2.82. The number of rotatable bonds is 3. The van der Waals surface area contributed by atoms with E-state index in [4.69, 9.17) is 28.3 Å². The predicted octanol–water partition coefficient (Wildman–Crippen LogP) is 3.25. The zero-order valence-electron chi connectivity index (χ0n) is 12.0. The van der Waals surface area contributed by atoms with Crippen molar-refractivity contribution in [2.24, 2.45) is 11.3 Å². The number of carbonyl (C=O) groups excluding carboxylic acids is 1. The van der Waals surface area contributed by atoms with Crippen molar-refractivity contribution in [2.45, 2.75) is 25.7 Å². The highest BCUT2D eigenvalue weighted by molar-refractivity contribution is 6.36. The Labute approximate surface area is 139 Å². The molecule has 2 fully saturated rings. The highest BCUT2D eigenvalue weighted by Crippen LogP contribution is 2.59. The number of aliphatic carboxylic acids is 1. The number of likely N-dealkylation sites (tertiary alicyclic amines) is 1. The van der Waals surface area contributed by atoms with Crippen molar-refractivity contribution in [2.75, 3.05) is 13.1 Å². The maximum Gasteiger partial charge on any atom is 0.307 e. The van der Waals surface area contributed by atoms with Crippen LogP contribution in [0.4, 0.5) is 0 Å². The summed E-state index contributed by atoms with van der Waals surface area (Å²) < 4.78 is 0. The van der Waals surface area contributed by atoms with Crippen LogP contribution in [0.1, 0.15) is 24.8 Å². The molecule has 0 radical (unpaired) electrons. The predicted molar refractivity (Wildman–Crippen MR) is 84.2 cm³/mol. The first-order valence-corrected chi connectivity index (χ1v) is 8.12. The maximum absolute atomic E-state index is 12.4. The van der Waals surface area contributed by atoms with E-state index in [2.05, 4.69) is 0 Å². The minimum Gasteiger partial charge on any atom is -0.481 e. The number of amides is 1. The van der Waals surface area contributed by atoms with Crippen molar-refractivity contribution >= 4 is 35.1 Å². The topological polar surface area (TPSA) is 57.6 Å². The molecule has 1 N–H and O–H groups in total. The van der Waals surface area contributed by atoms with Gasteiger partial charge in [-0.1, -0.05) is 29.3 Å². The molecule has 1 saturated carbocycles. The second-order valence-corrected chi connectivity index (χ2v) is 7.03. The van der Waals surface area contributed by atoms with Crippen LogP contribution in [0, 0.1) is 11.3 Å². The Bertz CT molecular complexity index is 604. The third-order valence-corrected chi connectivity index (χ3v) is 5.70. The van der Waals surface area contributed by atoms with E-state index < -0.39 is 5.97 Å². The van der Waals surface area contributed by atoms with E-state index in [1.807, 2.05) is 0 Å². The number of carboxylic acids is 1. The molecule has 0 bridgehead atoms. The highest BCUT2D eigenvalue weighted by Gasteiger charge is 2.59. The maximum atomic E-state index is 12.4. The molecule has 3 rings (SSSR count). The smallest absolute Gasteiger partial charge is 0.307 e. The van der Waals surface area contributed by atoms with Gasteiger partial charge < -0.3 is 10.0 Å². The lowest BCUT2D eigenvalue weighted by Gasteiger charge is -2.32. The number of hydrogen-bond acceptors (Lipinski definition) is 2. The van der Waals surface area contributed by atoms with E-state index in [1.54, 1.807) is 23.1 Å². The van der Waals surface area contributed by atoms with Gasteiger partial charge in [-0.3, -0.25) is 9.59 Å². The molecule has 1 heterocycles. The van der Waals surface area contributed by atoms with Crippen LogP contribution in [0.25, 0.3) is 0 Å². The number of halogens is 2. The van der Waals surface area contributed by atoms with Gasteiger partial charge in [-0.2, -0.15) is 0 Å². The van der Waals surface area contributed by atoms with Gasteiger partial charge in [0.2, 0.25) is 5.91 Å². The molecule has 1 amide bonds. The quantitative estimate of drug-likeness (QED) is 0.917. The molecule has 2 aliphatic rings. The monoisotopic (exact) mass is 341 g/mol. The molecule has 4 nitrogen and oxygen atoms in total. The fraction of sp³-hybridized carbons (Fsp3) is 0.500. The van der Waals surface area contributed by atoms with Crippen LogP contribution in [0.5, 0.6) is 0 Å². The standard InChI is InChI=1S/C16H17Cl2NO3/c17-12-2-1-3-13(18)10(12)8-14(20)19-6-4-16(5-7-19)9-11(16)15(21)22/h1-3,11H,4-9H2,(H,21,22). The SMILES string of the molecule is O=C(O)C1CC12CCN(C(=O)Cc1c(Cl)cccc1Cl)CC2. The van der Waals surface area contributed by atoms with E-state index in [0.29, 0.717) is 28.7 Å². The summed E-state index contributed by atoms with van der Waals surface area (Å²) in [5.41, 5.74) is 0.593.